The number of aromatic nitrogens is 1. The van der Waals surface area contributed by atoms with Crippen LogP contribution in [-0.4, -0.2) is 26.0 Å². The van der Waals surface area contributed by atoms with Gasteiger partial charge in [-0.2, -0.15) is 0 Å². The van der Waals surface area contributed by atoms with Crippen LogP contribution in [0.25, 0.3) is 0 Å². The number of rotatable bonds is 5. The fraction of sp³-hybridized carbons (Fsp3) is 0.0800. The van der Waals surface area contributed by atoms with Gasteiger partial charge in [0.25, 0.3) is 0 Å². The zero-order valence-electron chi connectivity index (χ0n) is 16.8. The largest absolute Gasteiger partial charge is 0.492 e. The fourth-order valence-electron chi connectivity index (χ4n) is 3.45. The molecule has 0 spiro atoms. The molecule has 0 aliphatic rings. The Kier molecular flexibility index (Phi) is 5.23. The Bertz CT molecular complexity index is 1180. The number of nitrogens with zero attached hydrogens (tertiary/aromatic N) is 1. The molecule has 0 fully saturated rings. The SMILES string of the molecule is Cc1ccc(C(O)(c2ccccc2)c2ccc(C(=O)On3c(O)ccc3O)cc2)cc1. The van der Waals surface area contributed by atoms with E-state index in [1.807, 2.05) is 61.5 Å². The van der Waals surface area contributed by atoms with Gasteiger partial charge < -0.3 is 20.2 Å². The minimum atomic E-state index is -1.42. The van der Waals surface area contributed by atoms with Crippen LogP contribution in [0.1, 0.15) is 32.6 Å². The molecule has 0 amide bonds. The maximum Gasteiger partial charge on any atom is 0.363 e. The van der Waals surface area contributed by atoms with E-state index in [4.69, 9.17) is 4.84 Å². The van der Waals surface area contributed by atoms with Crippen molar-refractivity contribution in [2.45, 2.75) is 12.5 Å². The first-order chi connectivity index (χ1) is 14.9. The van der Waals surface area contributed by atoms with Crippen molar-refractivity contribution >= 4 is 5.97 Å². The van der Waals surface area contributed by atoms with Gasteiger partial charge in [0, 0.05) is 12.1 Å². The Hall–Kier alpha value is -4.03. The molecule has 1 heterocycles. The van der Waals surface area contributed by atoms with Crippen LogP contribution in [0.4, 0.5) is 0 Å². The van der Waals surface area contributed by atoms with Gasteiger partial charge >= 0.3 is 5.97 Å². The second-order valence-corrected chi connectivity index (χ2v) is 7.24. The highest BCUT2D eigenvalue weighted by molar-refractivity contribution is 5.89. The average Bonchev–Trinajstić information content (AvgIpc) is 3.11. The molecule has 6 heteroatoms. The molecule has 0 aliphatic heterocycles. The molecule has 4 aromatic rings. The number of aromatic hydroxyl groups is 2. The molecule has 3 N–H and O–H groups in total. The minimum Gasteiger partial charge on any atom is -0.492 e. The summed E-state index contributed by atoms with van der Waals surface area (Å²) in [5.74, 6) is -1.58. The summed E-state index contributed by atoms with van der Waals surface area (Å²) in [4.78, 5) is 17.5. The number of benzene rings is 3. The highest BCUT2D eigenvalue weighted by Crippen LogP contribution is 2.36. The van der Waals surface area contributed by atoms with Crippen LogP contribution in [0, 0.1) is 6.92 Å². The molecule has 0 saturated carbocycles. The summed E-state index contributed by atoms with van der Waals surface area (Å²) in [5.41, 5.74) is 1.81. The first kappa shape index (κ1) is 20.3. The number of hydrogen-bond acceptors (Lipinski definition) is 5. The first-order valence-electron chi connectivity index (χ1n) is 9.67. The van der Waals surface area contributed by atoms with Gasteiger partial charge in [-0.15, -0.1) is 4.73 Å². The van der Waals surface area contributed by atoms with Crippen molar-refractivity contribution in [2.75, 3.05) is 0 Å². The van der Waals surface area contributed by atoms with Crippen molar-refractivity contribution in [1.29, 1.82) is 0 Å². The maximum absolute atomic E-state index is 12.4. The van der Waals surface area contributed by atoms with Gasteiger partial charge in [-0.25, -0.2) is 4.79 Å². The molecular weight excluding hydrogens is 394 g/mol. The van der Waals surface area contributed by atoms with Gasteiger partial charge in [0.15, 0.2) is 0 Å². The van der Waals surface area contributed by atoms with Crippen molar-refractivity contribution in [3.8, 4) is 11.8 Å². The minimum absolute atomic E-state index is 0.190. The lowest BCUT2D eigenvalue weighted by atomic mass is 9.80. The van der Waals surface area contributed by atoms with Crippen LogP contribution in [0.15, 0.2) is 91.0 Å². The van der Waals surface area contributed by atoms with Crippen LogP contribution >= 0.6 is 0 Å². The Balaban J connectivity index is 1.70. The topological polar surface area (TPSA) is 91.9 Å². The Morgan fingerprint density at radius 3 is 1.77 bits per heavy atom. The molecule has 1 unspecified atom stereocenters. The van der Waals surface area contributed by atoms with Crippen molar-refractivity contribution < 1.29 is 25.0 Å². The van der Waals surface area contributed by atoms with Gasteiger partial charge in [-0.1, -0.05) is 72.3 Å². The van der Waals surface area contributed by atoms with Crippen LogP contribution in [-0.2, 0) is 5.60 Å². The summed E-state index contributed by atoms with van der Waals surface area (Å²) in [5, 5.41) is 31.1. The predicted octanol–water partition coefficient (Wildman–Crippen LogP) is 3.76. The zero-order chi connectivity index (χ0) is 22.0. The maximum atomic E-state index is 12.4. The molecular formula is C25H21NO5. The zero-order valence-corrected chi connectivity index (χ0v) is 16.8. The normalized spacial score (nSPS) is 12.8. The highest BCUT2D eigenvalue weighted by Gasteiger charge is 2.33. The lowest BCUT2D eigenvalue weighted by molar-refractivity contribution is 0.0381. The molecule has 156 valence electrons. The summed E-state index contributed by atoms with van der Waals surface area (Å²) in [6, 6.07) is 25.7. The van der Waals surface area contributed by atoms with E-state index in [0.29, 0.717) is 21.4 Å². The molecule has 1 atom stereocenters. The molecule has 4 rings (SSSR count). The van der Waals surface area contributed by atoms with Crippen LogP contribution < -0.4 is 4.84 Å². The summed E-state index contributed by atoms with van der Waals surface area (Å²) in [7, 11) is 0. The van der Waals surface area contributed by atoms with Gasteiger partial charge in [0.1, 0.15) is 5.60 Å². The standard InChI is InChI=1S/C25H21NO5/c1-17-7-11-20(12-8-17)25(30,19-5-3-2-4-6-19)21-13-9-18(10-14-21)24(29)31-26-22(27)15-16-23(26)28/h2-16,27-28,30H,1H3. The van der Waals surface area contributed by atoms with Gasteiger partial charge in [0.2, 0.25) is 11.8 Å². The molecule has 0 bridgehead atoms. The average molecular weight is 415 g/mol. The van der Waals surface area contributed by atoms with E-state index < -0.39 is 23.3 Å². The molecule has 3 aromatic carbocycles. The lowest BCUT2D eigenvalue weighted by Gasteiger charge is -2.30. The smallest absolute Gasteiger partial charge is 0.363 e. The third kappa shape index (κ3) is 3.76. The first-order valence-corrected chi connectivity index (χ1v) is 9.67. The quantitative estimate of drug-likeness (QED) is 0.432. The van der Waals surface area contributed by atoms with Crippen molar-refractivity contribution in [3.05, 3.63) is 119 Å². The predicted molar refractivity (Wildman–Crippen MR) is 115 cm³/mol. The number of aliphatic hydroxyl groups is 1. The van der Waals surface area contributed by atoms with Gasteiger partial charge in [0.05, 0.1) is 5.56 Å². The number of aryl methyl sites for hydroxylation is 1. The van der Waals surface area contributed by atoms with E-state index >= 15 is 0 Å². The number of carbonyl (C=O) groups excluding carboxylic acids is 1. The Morgan fingerprint density at radius 2 is 1.23 bits per heavy atom. The summed E-state index contributed by atoms with van der Waals surface area (Å²) >= 11 is 0. The summed E-state index contributed by atoms with van der Waals surface area (Å²) < 4.78 is 0.628. The van der Waals surface area contributed by atoms with Crippen molar-refractivity contribution in [1.82, 2.24) is 4.73 Å². The molecule has 0 aliphatic carbocycles. The Morgan fingerprint density at radius 1 is 0.742 bits per heavy atom. The van der Waals surface area contributed by atoms with Crippen LogP contribution in [0.5, 0.6) is 11.8 Å². The van der Waals surface area contributed by atoms with Crippen molar-refractivity contribution in [3.63, 3.8) is 0 Å². The molecule has 0 saturated heterocycles. The Labute approximate surface area is 179 Å². The van der Waals surface area contributed by atoms with E-state index in [9.17, 15) is 20.1 Å². The molecule has 31 heavy (non-hydrogen) atoms. The number of hydrogen-bond donors (Lipinski definition) is 3. The highest BCUT2D eigenvalue weighted by atomic mass is 16.7. The van der Waals surface area contributed by atoms with E-state index in [2.05, 4.69) is 0 Å². The van der Waals surface area contributed by atoms with E-state index in [1.54, 1.807) is 12.1 Å². The van der Waals surface area contributed by atoms with Gasteiger partial charge in [-0.3, -0.25) is 0 Å². The second kappa shape index (κ2) is 8.01. The third-order valence-electron chi connectivity index (χ3n) is 5.17. The summed E-state index contributed by atoms with van der Waals surface area (Å²) in [6.07, 6.45) is 0. The van der Waals surface area contributed by atoms with Gasteiger partial charge in [-0.05, 0) is 35.7 Å². The second-order valence-electron chi connectivity index (χ2n) is 7.24. The number of carbonyl (C=O) groups is 1. The van der Waals surface area contributed by atoms with Crippen LogP contribution in [0.3, 0.4) is 0 Å². The van der Waals surface area contributed by atoms with Crippen LogP contribution in [0.2, 0.25) is 0 Å². The fourth-order valence-corrected chi connectivity index (χ4v) is 3.45. The van der Waals surface area contributed by atoms with E-state index in [0.717, 1.165) is 5.56 Å². The van der Waals surface area contributed by atoms with Crippen molar-refractivity contribution in [2.24, 2.45) is 0 Å². The van der Waals surface area contributed by atoms with E-state index in [1.165, 1.54) is 24.3 Å². The molecule has 1 aromatic heterocycles. The third-order valence-corrected chi connectivity index (χ3v) is 5.17. The lowest BCUT2D eigenvalue weighted by Crippen LogP contribution is -2.29. The monoisotopic (exact) mass is 415 g/mol. The summed E-state index contributed by atoms with van der Waals surface area (Å²) in [6.45, 7) is 1.98. The molecule has 0 radical (unpaired) electrons. The van der Waals surface area contributed by atoms with E-state index in [-0.39, 0.29) is 5.56 Å². The molecule has 6 nitrogen and oxygen atoms in total.